The van der Waals surface area contributed by atoms with Gasteiger partial charge < -0.3 is 19.9 Å². The molecule has 0 aliphatic heterocycles. The second-order valence-corrected chi connectivity index (χ2v) is 15.3. The molecule has 0 spiro atoms. The Hall–Kier alpha value is -4.09. The number of nitrogens with one attached hydrogen (secondary N) is 1. The summed E-state index contributed by atoms with van der Waals surface area (Å²) in [5, 5.41) is 25.2. The van der Waals surface area contributed by atoms with Crippen molar-refractivity contribution in [2.75, 3.05) is 6.61 Å². The lowest BCUT2D eigenvalue weighted by atomic mass is 10.0. The molecule has 0 saturated heterocycles. The van der Waals surface area contributed by atoms with Crippen molar-refractivity contribution in [3.8, 4) is 34.0 Å². The molecule has 2 heterocycles. The molecule has 0 fully saturated rings. The highest BCUT2D eigenvalue weighted by Gasteiger charge is 2.15. The number of aromatic hydroxyl groups is 1. The second-order valence-electron chi connectivity index (χ2n) is 9.72. The SMILES string of the molecule is C[Si](C)(C)CCOCn1nnnc1-c1cncc(-c2cc(OC(=O)NCc3ccccc3)ccc2O)c1. The van der Waals surface area contributed by atoms with Gasteiger partial charge in [-0.1, -0.05) is 50.0 Å². The van der Waals surface area contributed by atoms with Crippen LogP contribution in [0.3, 0.4) is 0 Å². The number of phenolic OH excluding ortho intramolecular Hbond substituents is 1. The number of carbonyl (C=O) groups is 1. The maximum Gasteiger partial charge on any atom is 0.412 e. The minimum atomic E-state index is -1.20. The summed E-state index contributed by atoms with van der Waals surface area (Å²) in [6, 6.07) is 17.0. The van der Waals surface area contributed by atoms with Crippen LogP contribution < -0.4 is 10.1 Å². The van der Waals surface area contributed by atoms with Crippen LogP contribution in [-0.2, 0) is 18.0 Å². The van der Waals surface area contributed by atoms with Gasteiger partial charge in [0.15, 0.2) is 5.82 Å². The van der Waals surface area contributed by atoms with Crippen LogP contribution in [0.4, 0.5) is 4.79 Å². The standard InChI is InChI=1S/C26H30N6O4Si/c1-37(2,3)12-11-35-18-32-25(29-30-31-32)21-13-20(16-27-17-21)23-14-22(9-10-24(23)33)36-26(34)28-15-19-7-5-4-6-8-19/h4-10,13-14,16-17,33H,11-12,15,18H2,1-3H3,(H,28,34). The molecule has 0 unspecified atom stereocenters. The monoisotopic (exact) mass is 518 g/mol. The van der Waals surface area contributed by atoms with Gasteiger partial charge in [0.25, 0.3) is 0 Å². The van der Waals surface area contributed by atoms with Crippen LogP contribution >= 0.6 is 0 Å². The Morgan fingerprint density at radius 1 is 1.05 bits per heavy atom. The Morgan fingerprint density at radius 2 is 1.84 bits per heavy atom. The van der Waals surface area contributed by atoms with Crippen molar-refractivity contribution < 1.29 is 19.4 Å². The zero-order valence-corrected chi connectivity index (χ0v) is 22.1. The molecular weight excluding hydrogens is 488 g/mol. The summed E-state index contributed by atoms with van der Waals surface area (Å²) < 4.78 is 12.8. The molecule has 4 aromatic rings. The summed E-state index contributed by atoms with van der Waals surface area (Å²) in [7, 11) is -1.20. The van der Waals surface area contributed by atoms with Gasteiger partial charge in [-0.05, 0) is 46.3 Å². The van der Waals surface area contributed by atoms with Crippen LogP contribution in [0.15, 0.2) is 67.0 Å². The van der Waals surface area contributed by atoms with Crippen LogP contribution in [0.1, 0.15) is 5.56 Å². The van der Waals surface area contributed by atoms with Crippen LogP contribution in [0.25, 0.3) is 22.5 Å². The number of aromatic nitrogens is 5. The molecular formula is C26H30N6O4Si. The smallest absolute Gasteiger partial charge is 0.412 e. The van der Waals surface area contributed by atoms with Crippen LogP contribution in [-0.4, -0.2) is 51.1 Å². The number of ether oxygens (including phenoxy) is 2. The van der Waals surface area contributed by atoms with Gasteiger partial charge in [-0.2, -0.15) is 4.68 Å². The van der Waals surface area contributed by atoms with Gasteiger partial charge in [-0.15, -0.1) is 5.10 Å². The van der Waals surface area contributed by atoms with E-state index in [4.69, 9.17) is 9.47 Å². The van der Waals surface area contributed by atoms with E-state index in [1.165, 1.54) is 12.1 Å². The van der Waals surface area contributed by atoms with Crippen molar-refractivity contribution in [2.45, 2.75) is 39.0 Å². The number of rotatable bonds is 10. The predicted octanol–water partition coefficient (Wildman–Crippen LogP) is 4.71. The van der Waals surface area contributed by atoms with Crippen molar-refractivity contribution >= 4 is 14.2 Å². The van der Waals surface area contributed by atoms with Crippen molar-refractivity contribution in [3.63, 3.8) is 0 Å². The minimum absolute atomic E-state index is 0.0188. The molecule has 11 heteroatoms. The van der Waals surface area contributed by atoms with E-state index in [-0.39, 0.29) is 18.2 Å². The van der Waals surface area contributed by atoms with E-state index in [9.17, 15) is 9.90 Å². The van der Waals surface area contributed by atoms with Gasteiger partial charge in [-0.3, -0.25) is 4.98 Å². The average molecular weight is 519 g/mol. The number of hydrogen-bond donors (Lipinski definition) is 2. The number of carbonyl (C=O) groups excluding carboxylic acids is 1. The van der Waals surface area contributed by atoms with E-state index in [0.717, 1.165) is 11.6 Å². The zero-order valence-electron chi connectivity index (χ0n) is 21.1. The van der Waals surface area contributed by atoms with Gasteiger partial charge in [-0.25, -0.2) is 4.79 Å². The number of hydrogen-bond acceptors (Lipinski definition) is 8. The first-order valence-electron chi connectivity index (χ1n) is 11.9. The molecule has 2 aromatic heterocycles. The molecule has 4 rings (SSSR count). The predicted molar refractivity (Wildman–Crippen MR) is 142 cm³/mol. The lowest BCUT2D eigenvalue weighted by Gasteiger charge is -2.15. The Morgan fingerprint density at radius 3 is 2.62 bits per heavy atom. The molecule has 0 saturated carbocycles. The minimum Gasteiger partial charge on any atom is -0.507 e. The first kappa shape index (κ1) is 26.0. The average Bonchev–Trinajstić information content (AvgIpc) is 3.35. The first-order chi connectivity index (χ1) is 17.8. The lowest BCUT2D eigenvalue weighted by Crippen LogP contribution is -2.26. The van der Waals surface area contributed by atoms with Crippen LogP contribution in [0.2, 0.25) is 25.7 Å². The Kier molecular flexibility index (Phi) is 8.26. The van der Waals surface area contributed by atoms with E-state index in [1.54, 1.807) is 23.1 Å². The fourth-order valence-corrected chi connectivity index (χ4v) is 4.22. The van der Waals surface area contributed by atoms with Crippen LogP contribution in [0, 0.1) is 0 Å². The molecule has 2 N–H and O–H groups in total. The van der Waals surface area contributed by atoms with E-state index < -0.39 is 14.2 Å². The first-order valence-corrected chi connectivity index (χ1v) is 15.6. The van der Waals surface area contributed by atoms with Gasteiger partial charge in [0, 0.05) is 50.3 Å². The van der Waals surface area contributed by atoms with Crippen molar-refractivity contribution in [2.24, 2.45) is 0 Å². The largest absolute Gasteiger partial charge is 0.507 e. The molecule has 0 atom stereocenters. The number of amides is 1. The highest BCUT2D eigenvalue weighted by Crippen LogP contribution is 2.34. The molecule has 0 aliphatic carbocycles. The summed E-state index contributed by atoms with van der Waals surface area (Å²) in [6.45, 7) is 8.09. The molecule has 10 nitrogen and oxygen atoms in total. The maximum absolute atomic E-state index is 12.3. The van der Waals surface area contributed by atoms with Gasteiger partial charge >= 0.3 is 6.09 Å². The molecule has 0 bridgehead atoms. The molecule has 37 heavy (non-hydrogen) atoms. The topological polar surface area (TPSA) is 124 Å². The van der Waals surface area contributed by atoms with E-state index in [1.807, 2.05) is 36.4 Å². The van der Waals surface area contributed by atoms with Crippen molar-refractivity contribution in [1.82, 2.24) is 30.5 Å². The molecule has 192 valence electrons. The van der Waals surface area contributed by atoms with Gasteiger partial charge in [0.1, 0.15) is 18.2 Å². The Labute approximate surface area is 216 Å². The second kappa shape index (κ2) is 11.8. The van der Waals surface area contributed by atoms with E-state index in [2.05, 4.69) is 45.5 Å². The van der Waals surface area contributed by atoms with Crippen molar-refractivity contribution in [3.05, 3.63) is 72.6 Å². The zero-order chi connectivity index (χ0) is 26.3. The number of nitrogens with zero attached hydrogens (tertiary/aromatic N) is 5. The van der Waals surface area contributed by atoms with Gasteiger partial charge in [0.05, 0.1) is 0 Å². The summed E-state index contributed by atoms with van der Waals surface area (Å²) in [4.78, 5) is 16.6. The summed E-state index contributed by atoms with van der Waals surface area (Å²) in [6.07, 6.45) is 2.65. The Balaban J connectivity index is 1.46. The summed E-state index contributed by atoms with van der Waals surface area (Å²) in [5.41, 5.74) is 2.67. The third kappa shape index (κ3) is 7.45. The highest BCUT2D eigenvalue weighted by atomic mass is 28.3. The number of tetrazole rings is 1. The number of pyridine rings is 1. The van der Waals surface area contributed by atoms with Gasteiger partial charge in [0.2, 0.25) is 0 Å². The van der Waals surface area contributed by atoms with Crippen LogP contribution in [0.5, 0.6) is 11.5 Å². The highest BCUT2D eigenvalue weighted by molar-refractivity contribution is 6.76. The number of benzene rings is 2. The van der Waals surface area contributed by atoms with E-state index in [0.29, 0.717) is 35.7 Å². The molecule has 0 aliphatic rings. The molecule has 1 amide bonds. The fraction of sp³-hybridized carbons (Fsp3) is 0.269. The van der Waals surface area contributed by atoms with Crippen molar-refractivity contribution in [1.29, 1.82) is 0 Å². The molecule has 0 radical (unpaired) electrons. The summed E-state index contributed by atoms with van der Waals surface area (Å²) in [5.74, 6) is 0.796. The third-order valence-corrected chi connectivity index (χ3v) is 7.21. The maximum atomic E-state index is 12.3. The Bertz CT molecular complexity index is 1340. The fourth-order valence-electron chi connectivity index (χ4n) is 3.46. The third-order valence-electron chi connectivity index (χ3n) is 5.51. The summed E-state index contributed by atoms with van der Waals surface area (Å²) >= 11 is 0. The normalized spacial score (nSPS) is 11.3. The number of phenols is 1. The quantitative estimate of drug-likeness (QED) is 0.228. The molecule has 2 aromatic carbocycles. The van der Waals surface area contributed by atoms with E-state index >= 15 is 0 Å². The lowest BCUT2D eigenvalue weighted by molar-refractivity contribution is 0.0784.